The molecule has 1 saturated carbocycles. The van der Waals surface area contributed by atoms with E-state index in [2.05, 4.69) is 92.3 Å². The van der Waals surface area contributed by atoms with Gasteiger partial charge >= 0.3 is 0 Å². The lowest BCUT2D eigenvalue weighted by atomic mass is 10.1. The summed E-state index contributed by atoms with van der Waals surface area (Å²) in [5.41, 5.74) is 6.11. The second kappa shape index (κ2) is 10.8. The van der Waals surface area contributed by atoms with Crippen molar-refractivity contribution in [3.63, 3.8) is 0 Å². The summed E-state index contributed by atoms with van der Waals surface area (Å²) >= 11 is 8.45. The standard InChI is InChI=1S/C34H30ClN7S/c1-2-26-30(35)29-32(38-26)39-34(43-23-16-28-27(37-17-23)14-9-15-36-28)40-33(29)41-19-24-25(20-41)31(24)42(22-12-7-4-8-13-22)18-21-10-5-3-6-11-21/h3-17,24-25,31H,2,18-20H2,1H3,(H,38,39,40)/t24-,25+,31?. The van der Waals surface area contributed by atoms with E-state index in [9.17, 15) is 0 Å². The van der Waals surface area contributed by atoms with Gasteiger partial charge in [-0.3, -0.25) is 9.97 Å². The Morgan fingerprint density at radius 2 is 1.70 bits per heavy atom. The monoisotopic (exact) mass is 603 g/mol. The zero-order chi connectivity index (χ0) is 28.9. The van der Waals surface area contributed by atoms with E-state index in [-0.39, 0.29) is 0 Å². The molecule has 1 N–H and O–H groups in total. The van der Waals surface area contributed by atoms with Crippen molar-refractivity contribution in [1.82, 2.24) is 24.9 Å². The summed E-state index contributed by atoms with van der Waals surface area (Å²) in [5, 5.41) is 2.32. The second-order valence-corrected chi connectivity index (χ2v) is 12.7. The molecule has 9 heteroatoms. The third-order valence-corrected chi connectivity index (χ3v) is 9.94. The van der Waals surface area contributed by atoms with Crippen molar-refractivity contribution in [3.8, 4) is 0 Å². The third-order valence-electron chi connectivity index (χ3n) is 8.70. The molecule has 1 aliphatic heterocycles. The van der Waals surface area contributed by atoms with Crippen molar-refractivity contribution < 1.29 is 0 Å². The van der Waals surface area contributed by atoms with Crippen LogP contribution in [0, 0.1) is 11.8 Å². The Morgan fingerprint density at radius 1 is 0.930 bits per heavy atom. The molecule has 5 heterocycles. The number of H-pyrrole nitrogens is 1. The van der Waals surface area contributed by atoms with Gasteiger partial charge in [0.15, 0.2) is 5.16 Å². The van der Waals surface area contributed by atoms with Gasteiger partial charge in [0.05, 0.1) is 21.4 Å². The number of pyridine rings is 2. The number of nitrogens with zero attached hydrogens (tertiary/aromatic N) is 6. The highest BCUT2D eigenvalue weighted by molar-refractivity contribution is 7.99. The number of piperidine rings is 1. The minimum absolute atomic E-state index is 0.495. The van der Waals surface area contributed by atoms with Gasteiger partial charge in [0, 0.05) is 66.2 Å². The summed E-state index contributed by atoms with van der Waals surface area (Å²) in [6.07, 6.45) is 4.45. The zero-order valence-corrected chi connectivity index (χ0v) is 25.3. The zero-order valence-electron chi connectivity index (χ0n) is 23.7. The number of aromatic amines is 1. The fraction of sp³-hybridized carbons (Fsp3) is 0.235. The molecular weight excluding hydrogens is 574 g/mol. The van der Waals surface area contributed by atoms with E-state index >= 15 is 0 Å². The molecule has 0 amide bonds. The molecule has 0 spiro atoms. The average molecular weight is 604 g/mol. The maximum Gasteiger partial charge on any atom is 0.196 e. The lowest BCUT2D eigenvalue weighted by Crippen LogP contribution is -2.35. The molecule has 3 atom stereocenters. The van der Waals surface area contributed by atoms with Crippen LogP contribution in [0.25, 0.3) is 22.1 Å². The number of hydrogen-bond acceptors (Lipinski definition) is 7. The Bertz CT molecular complexity index is 1920. The summed E-state index contributed by atoms with van der Waals surface area (Å²) in [6, 6.07) is 28.0. The molecule has 4 aromatic heterocycles. The molecule has 0 bridgehead atoms. The van der Waals surface area contributed by atoms with E-state index in [1.807, 2.05) is 24.4 Å². The van der Waals surface area contributed by atoms with Crippen molar-refractivity contribution in [2.24, 2.45) is 11.8 Å². The normalized spacial score (nSPS) is 19.2. The van der Waals surface area contributed by atoms with Crippen LogP contribution in [0.3, 0.4) is 0 Å². The van der Waals surface area contributed by atoms with Crippen LogP contribution in [-0.4, -0.2) is 44.1 Å². The minimum atomic E-state index is 0.495. The van der Waals surface area contributed by atoms with Crippen LogP contribution in [0.15, 0.2) is 101 Å². The highest BCUT2D eigenvalue weighted by Gasteiger charge is 2.59. The molecule has 2 fully saturated rings. The third kappa shape index (κ3) is 4.88. The summed E-state index contributed by atoms with van der Waals surface area (Å²) in [6.45, 7) is 4.88. The van der Waals surface area contributed by atoms with Gasteiger partial charge in [0.2, 0.25) is 0 Å². The lowest BCUT2D eigenvalue weighted by Gasteiger charge is -2.30. The fourth-order valence-corrected chi connectivity index (χ4v) is 7.69. The van der Waals surface area contributed by atoms with Gasteiger partial charge < -0.3 is 14.8 Å². The van der Waals surface area contributed by atoms with Gasteiger partial charge in [-0.1, -0.05) is 67.1 Å². The molecule has 7 nitrogen and oxygen atoms in total. The average Bonchev–Trinajstić information content (AvgIpc) is 3.35. The number of rotatable bonds is 8. The van der Waals surface area contributed by atoms with Gasteiger partial charge in [0.1, 0.15) is 11.5 Å². The smallest absolute Gasteiger partial charge is 0.196 e. The molecule has 6 aromatic rings. The Labute approximate surface area is 259 Å². The minimum Gasteiger partial charge on any atom is -0.363 e. The maximum atomic E-state index is 6.94. The van der Waals surface area contributed by atoms with Crippen molar-refractivity contribution in [3.05, 3.63) is 108 Å². The Hall–Kier alpha value is -4.14. The number of anilines is 2. The molecule has 1 aliphatic carbocycles. The first-order valence-corrected chi connectivity index (χ1v) is 15.9. The van der Waals surface area contributed by atoms with E-state index in [4.69, 9.17) is 21.6 Å². The first kappa shape index (κ1) is 26.5. The summed E-state index contributed by atoms with van der Waals surface area (Å²) in [7, 11) is 0. The van der Waals surface area contributed by atoms with E-state index < -0.39 is 0 Å². The summed E-state index contributed by atoms with van der Waals surface area (Å²) in [5.74, 6) is 2.04. The van der Waals surface area contributed by atoms with Gasteiger partial charge in [-0.05, 0) is 54.1 Å². The predicted molar refractivity (Wildman–Crippen MR) is 174 cm³/mol. The van der Waals surface area contributed by atoms with Gasteiger partial charge in [-0.15, -0.1) is 0 Å². The fourth-order valence-electron chi connectivity index (χ4n) is 6.58. The second-order valence-electron chi connectivity index (χ2n) is 11.3. The molecule has 1 saturated heterocycles. The largest absolute Gasteiger partial charge is 0.363 e. The topological polar surface area (TPSA) is 73.8 Å². The van der Waals surface area contributed by atoms with Crippen molar-refractivity contribution >= 4 is 56.9 Å². The number of fused-ring (bicyclic) bond motifs is 3. The van der Waals surface area contributed by atoms with E-state index in [0.717, 1.165) is 69.6 Å². The first-order chi connectivity index (χ1) is 21.2. The van der Waals surface area contributed by atoms with Gasteiger partial charge in [-0.25, -0.2) is 9.97 Å². The molecule has 2 aliphatic rings. The number of benzene rings is 2. The summed E-state index contributed by atoms with van der Waals surface area (Å²) in [4.78, 5) is 28.5. The number of halogens is 1. The quantitative estimate of drug-likeness (QED) is 0.182. The Balaban J connectivity index is 1.10. The van der Waals surface area contributed by atoms with Gasteiger partial charge in [-0.2, -0.15) is 0 Å². The van der Waals surface area contributed by atoms with Crippen LogP contribution in [0.2, 0.25) is 5.02 Å². The van der Waals surface area contributed by atoms with E-state index in [1.54, 1.807) is 6.20 Å². The molecule has 43 heavy (non-hydrogen) atoms. The molecule has 2 aromatic carbocycles. The number of hydrogen-bond donors (Lipinski definition) is 1. The van der Waals surface area contributed by atoms with Crippen molar-refractivity contribution in [2.75, 3.05) is 22.9 Å². The van der Waals surface area contributed by atoms with Crippen molar-refractivity contribution in [2.45, 2.75) is 36.0 Å². The lowest BCUT2D eigenvalue weighted by molar-refractivity contribution is 0.660. The molecule has 214 valence electrons. The Kier molecular flexibility index (Phi) is 6.68. The predicted octanol–water partition coefficient (Wildman–Crippen LogP) is 7.41. The SMILES string of the molecule is CCc1[nH]c2nc(Sc3cnc4cccnc4c3)nc(N3C[C@@H]4C(N(Cc5ccccc5)c5ccccc5)[C@@H]4C3)c2c1Cl. The van der Waals surface area contributed by atoms with Crippen LogP contribution in [0.4, 0.5) is 11.5 Å². The highest BCUT2D eigenvalue weighted by Crippen LogP contribution is 2.52. The van der Waals surface area contributed by atoms with Crippen LogP contribution in [0.5, 0.6) is 0 Å². The number of aromatic nitrogens is 5. The molecule has 0 radical (unpaired) electrons. The summed E-state index contributed by atoms with van der Waals surface area (Å²) < 4.78 is 0. The number of aryl methyl sites for hydroxylation is 1. The van der Waals surface area contributed by atoms with E-state index in [1.165, 1.54) is 23.0 Å². The molecule has 1 unspecified atom stereocenters. The Morgan fingerprint density at radius 3 is 2.47 bits per heavy atom. The van der Waals surface area contributed by atoms with Gasteiger partial charge in [0.25, 0.3) is 0 Å². The highest BCUT2D eigenvalue weighted by atomic mass is 35.5. The van der Waals surface area contributed by atoms with Crippen molar-refractivity contribution in [1.29, 1.82) is 0 Å². The van der Waals surface area contributed by atoms with Crippen LogP contribution in [0.1, 0.15) is 18.2 Å². The first-order valence-electron chi connectivity index (χ1n) is 14.7. The van der Waals surface area contributed by atoms with Crippen LogP contribution < -0.4 is 9.80 Å². The molecule has 8 rings (SSSR count). The van der Waals surface area contributed by atoms with Crippen LogP contribution in [-0.2, 0) is 13.0 Å². The maximum absolute atomic E-state index is 6.94. The van der Waals surface area contributed by atoms with E-state index in [0.29, 0.717) is 23.0 Å². The molecular formula is C34H30ClN7S. The number of nitrogens with one attached hydrogen (secondary N) is 1. The number of para-hydroxylation sites is 1. The van der Waals surface area contributed by atoms with Crippen LogP contribution >= 0.6 is 23.4 Å².